The van der Waals surface area contributed by atoms with Crippen LogP contribution in [0.5, 0.6) is 0 Å². The Morgan fingerprint density at radius 2 is 1.95 bits per heavy atom. The fourth-order valence-electron chi connectivity index (χ4n) is 1.51. The molecule has 0 spiro atoms. The molecule has 1 heterocycles. The van der Waals surface area contributed by atoms with Gasteiger partial charge in [-0.3, -0.25) is 14.9 Å². The molecule has 1 aromatic carbocycles. The lowest BCUT2D eigenvalue weighted by atomic mass is 10.2. The number of hydrogen-bond acceptors (Lipinski definition) is 6. The predicted molar refractivity (Wildman–Crippen MR) is 82.5 cm³/mol. The summed E-state index contributed by atoms with van der Waals surface area (Å²) in [7, 11) is 0. The molecule has 0 unspecified atom stereocenters. The van der Waals surface area contributed by atoms with Gasteiger partial charge in [-0.2, -0.15) is 0 Å². The van der Waals surface area contributed by atoms with Gasteiger partial charge in [0.25, 0.3) is 11.7 Å². The minimum absolute atomic E-state index is 0.0603. The third kappa shape index (κ3) is 3.90. The van der Waals surface area contributed by atoms with Gasteiger partial charge >= 0.3 is 5.97 Å². The van der Waals surface area contributed by atoms with E-state index in [9.17, 15) is 14.4 Å². The molecule has 0 bridgehead atoms. The Morgan fingerprint density at radius 1 is 1.27 bits per heavy atom. The van der Waals surface area contributed by atoms with E-state index in [2.05, 4.69) is 15.0 Å². The van der Waals surface area contributed by atoms with E-state index in [4.69, 9.17) is 11.6 Å². The first-order valence-corrected chi connectivity index (χ1v) is 7.51. The molecule has 0 saturated carbocycles. The van der Waals surface area contributed by atoms with E-state index in [-0.39, 0.29) is 23.3 Å². The van der Waals surface area contributed by atoms with Crippen LogP contribution in [-0.4, -0.2) is 29.3 Å². The highest BCUT2D eigenvalue weighted by Crippen LogP contribution is 2.18. The van der Waals surface area contributed by atoms with Gasteiger partial charge in [0.2, 0.25) is 0 Å². The normalized spacial score (nSPS) is 10.1. The third-order valence-corrected chi connectivity index (χ3v) is 3.53. The summed E-state index contributed by atoms with van der Waals surface area (Å²) in [5.74, 6) is -2.20. The molecule has 8 heteroatoms. The molecule has 6 nitrogen and oxygen atoms in total. The zero-order valence-electron chi connectivity index (χ0n) is 11.5. The Kier molecular flexibility index (Phi) is 5.24. The van der Waals surface area contributed by atoms with Crippen LogP contribution in [0.3, 0.4) is 0 Å². The first kappa shape index (κ1) is 16.1. The molecular weight excluding hydrogens is 328 g/mol. The molecule has 1 N–H and O–H groups in total. The summed E-state index contributed by atoms with van der Waals surface area (Å²) in [6, 6.07) is 6.31. The first-order valence-electron chi connectivity index (χ1n) is 6.25. The Labute approximate surface area is 135 Å². The van der Waals surface area contributed by atoms with Crippen molar-refractivity contribution in [1.82, 2.24) is 4.98 Å². The topological polar surface area (TPSA) is 85.4 Å². The molecule has 0 fully saturated rings. The summed E-state index contributed by atoms with van der Waals surface area (Å²) in [4.78, 5) is 38.9. The second kappa shape index (κ2) is 7.15. The van der Waals surface area contributed by atoms with Crippen LogP contribution < -0.4 is 5.32 Å². The standard InChI is InChI=1S/C14H11ClN2O4S/c1-2-21-13(20)11(18)10-7-22-14(16-10)17-12(19)8-3-5-9(15)6-4-8/h3-7H,2H2,1H3,(H,16,17,19). The Morgan fingerprint density at radius 3 is 2.59 bits per heavy atom. The van der Waals surface area contributed by atoms with Crippen molar-refractivity contribution in [2.24, 2.45) is 0 Å². The summed E-state index contributed by atoms with van der Waals surface area (Å²) in [6.45, 7) is 1.71. The third-order valence-electron chi connectivity index (χ3n) is 2.52. The van der Waals surface area contributed by atoms with Crippen LogP contribution in [0.4, 0.5) is 5.13 Å². The van der Waals surface area contributed by atoms with Crippen LogP contribution in [0.15, 0.2) is 29.6 Å². The number of ketones is 1. The molecule has 2 rings (SSSR count). The largest absolute Gasteiger partial charge is 0.460 e. The highest BCUT2D eigenvalue weighted by Gasteiger charge is 2.21. The van der Waals surface area contributed by atoms with Gasteiger partial charge in [-0.05, 0) is 31.2 Å². The van der Waals surface area contributed by atoms with Crippen molar-refractivity contribution in [2.75, 3.05) is 11.9 Å². The number of Topliss-reactive ketones (excluding diaryl/α,β-unsaturated/α-hetero) is 1. The number of anilines is 1. The van der Waals surface area contributed by atoms with Gasteiger partial charge in [-0.25, -0.2) is 9.78 Å². The van der Waals surface area contributed by atoms with Crippen molar-refractivity contribution in [2.45, 2.75) is 6.92 Å². The van der Waals surface area contributed by atoms with Gasteiger partial charge in [0, 0.05) is 16.0 Å². The van der Waals surface area contributed by atoms with E-state index < -0.39 is 11.8 Å². The highest BCUT2D eigenvalue weighted by molar-refractivity contribution is 7.14. The van der Waals surface area contributed by atoms with E-state index >= 15 is 0 Å². The van der Waals surface area contributed by atoms with Gasteiger partial charge < -0.3 is 4.74 Å². The molecule has 22 heavy (non-hydrogen) atoms. The zero-order valence-corrected chi connectivity index (χ0v) is 13.0. The van der Waals surface area contributed by atoms with Crippen molar-refractivity contribution < 1.29 is 19.1 Å². The number of carbonyl (C=O) groups is 3. The number of amides is 1. The van der Waals surface area contributed by atoms with Crippen LogP contribution in [0.1, 0.15) is 27.8 Å². The number of esters is 1. The molecule has 0 aliphatic rings. The van der Waals surface area contributed by atoms with Crippen LogP contribution >= 0.6 is 22.9 Å². The average molecular weight is 339 g/mol. The van der Waals surface area contributed by atoms with Crippen LogP contribution in [0, 0.1) is 0 Å². The Bertz CT molecular complexity index is 712. The molecule has 0 aliphatic carbocycles. The van der Waals surface area contributed by atoms with Crippen molar-refractivity contribution in [1.29, 1.82) is 0 Å². The van der Waals surface area contributed by atoms with Gasteiger partial charge in [0.05, 0.1) is 6.61 Å². The second-order valence-corrected chi connectivity index (χ2v) is 5.34. The maximum atomic E-state index is 12.0. The maximum Gasteiger partial charge on any atom is 0.381 e. The molecule has 0 atom stereocenters. The zero-order chi connectivity index (χ0) is 16.1. The van der Waals surface area contributed by atoms with Crippen molar-refractivity contribution in [3.05, 3.63) is 45.9 Å². The number of thiazole rings is 1. The number of aromatic nitrogens is 1. The lowest BCUT2D eigenvalue weighted by Crippen LogP contribution is -2.18. The molecule has 0 aliphatic heterocycles. The van der Waals surface area contributed by atoms with Gasteiger partial charge in [0.15, 0.2) is 5.13 Å². The van der Waals surface area contributed by atoms with Crippen LogP contribution in [0.25, 0.3) is 0 Å². The number of rotatable bonds is 5. The first-order chi connectivity index (χ1) is 10.5. The van der Waals surface area contributed by atoms with E-state index in [1.807, 2.05) is 0 Å². The molecule has 0 radical (unpaired) electrons. The van der Waals surface area contributed by atoms with E-state index in [0.29, 0.717) is 10.6 Å². The van der Waals surface area contributed by atoms with Crippen molar-refractivity contribution in [3.8, 4) is 0 Å². The van der Waals surface area contributed by atoms with E-state index in [1.54, 1.807) is 31.2 Å². The number of nitrogens with zero attached hydrogens (tertiary/aromatic N) is 1. The van der Waals surface area contributed by atoms with Crippen LogP contribution in [0.2, 0.25) is 5.02 Å². The SMILES string of the molecule is CCOC(=O)C(=O)c1csc(NC(=O)c2ccc(Cl)cc2)n1. The van der Waals surface area contributed by atoms with Gasteiger partial charge in [-0.1, -0.05) is 11.6 Å². The monoisotopic (exact) mass is 338 g/mol. The van der Waals surface area contributed by atoms with Gasteiger partial charge in [0.1, 0.15) is 5.69 Å². The Balaban J connectivity index is 2.05. The second-order valence-electron chi connectivity index (χ2n) is 4.05. The van der Waals surface area contributed by atoms with Crippen LogP contribution in [-0.2, 0) is 9.53 Å². The quantitative estimate of drug-likeness (QED) is 0.514. The van der Waals surface area contributed by atoms with E-state index in [0.717, 1.165) is 11.3 Å². The smallest absolute Gasteiger partial charge is 0.381 e. The minimum Gasteiger partial charge on any atom is -0.460 e. The lowest BCUT2D eigenvalue weighted by molar-refractivity contribution is -0.137. The number of benzene rings is 1. The number of carbonyl (C=O) groups excluding carboxylic acids is 3. The number of halogens is 1. The molecule has 2 aromatic rings. The summed E-state index contributed by atoms with van der Waals surface area (Å²) in [5, 5.41) is 4.67. The predicted octanol–water partition coefficient (Wildman–Crippen LogP) is 2.79. The Hall–Kier alpha value is -2.25. The molecule has 114 valence electrons. The summed E-state index contributed by atoms with van der Waals surface area (Å²) >= 11 is 6.79. The fourth-order valence-corrected chi connectivity index (χ4v) is 2.32. The molecular formula is C14H11ClN2O4S. The average Bonchev–Trinajstić information content (AvgIpc) is 2.95. The fraction of sp³-hybridized carbons (Fsp3) is 0.143. The van der Waals surface area contributed by atoms with Gasteiger partial charge in [-0.15, -0.1) is 11.3 Å². The highest BCUT2D eigenvalue weighted by atomic mass is 35.5. The number of nitrogens with one attached hydrogen (secondary N) is 1. The van der Waals surface area contributed by atoms with Crippen molar-refractivity contribution in [3.63, 3.8) is 0 Å². The lowest BCUT2D eigenvalue weighted by Gasteiger charge is -2.01. The summed E-state index contributed by atoms with van der Waals surface area (Å²) < 4.78 is 4.61. The number of ether oxygens (including phenoxy) is 1. The number of hydrogen-bond donors (Lipinski definition) is 1. The maximum absolute atomic E-state index is 12.0. The molecule has 0 saturated heterocycles. The minimum atomic E-state index is -0.969. The summed E-state index contributed by atoms with van der Waals surface area (Å²) in [6.07, 6.45) is 0. The summed E-state index contributed by atoms with van der Waals surface area (Å²) in [5.41, 5.74) is 0.340. The molecule has 1 aromatic heterocycles. The molecule has 1 amide bonds. The van der Waals surface area contributed by atoms with Crippen molar-refractivity contribution >= 4 is 45.7 Å². The van der Waals surface area contributed by atoms with E-state index in [1.165, 1.54) is 5.38 Å².